The van der Waals surface area contributed by atoms with Gasteiger partial charge in [0.25, 0.3) is 5.56 Å². The number of thioether (sulfide) groups is 1. The number of esters is 2. The van der Waals surface area contributed by atoms with Gasteiger partial charge in [-0.25, -0.2) is 14.6 Å². The van der Waals surface area contributed by atoms with Crippen LogP contribution in [0.5, 0.6) is 5.75 Å². The highest BCUT2D eigenvalue weighted by atomic mass is 32.2. The van der Waals surface area contributed by atoms with Gasteiger partial charge >= 0.3 is 11.9 Å². The fourth-order valence-electron chi connectivity index (χ4n) is 4.73. The number of hydrogen-bond acceptors (Lipinski definition) is 11. The van der Waals surface area contributed by atoms with Crippen LogP contribution in [0.2, 0.25) is 0 Å². The molecule has 2 aromatic heterocycles. The number of ether oxygens (including phenoxy) is 5. The van der Waals surface area contributed by atoms with E-state index < -0.39 is 11.9 Å². The number of carbonyl (C=O) groups is 2. The highest BCUT2D eigenvalue weighted by molar-refractivity contribution is 7.98. The van der Waals surface area contributed by atoms with E-state index >= 15 is 0 Å². The molecule has 1 aromatic carbocycles. The molecule has 2 aliphatic heterocycles. The maximum atomic E-state index is 13.8. The van der Waals surface area contributed by atoms with Crippen LogP contribution in [0.3, 0.4) is 0 Å². The van der Waals surface area contributed by atoms with E-state index in [-0.39, 0.29) is 31.7 Å². The first kappa shape index (κ1) is 27.6. The van der Waals surface area contributed by atoms with Gasteiger partial charge in [0.15, 0.2) is 11.9 Å². The Hall–Kier alpha value is -2.93. The lowest BCUT2D eigenvalue weighted by Crippen LogP contribution is -2.28. The van der Waals surface area contributed by atoms with Crippen molar-refractivity contribution in [1.29, 1.82) is 0 Å². The first-order chi connectivity index (χ1) is 18.9. The summed E-state index contributed by atoms with van der Waals surface area (Å²) in [7, 11) is 0. The predicted octanol–water partition coefficient (Wildman–Crippen LogP) is 4.46. The Bertz CT molecular complexity index is 1460. The van der Waals surface area contributed by atoms with Crippen molar-refractivity contribution in [2.45, 2.75) is 63.8 Å². The number of rotatable bonds is 9. The number of aromatic nitrogens is 2. The minimum atomic E-state index is -0.459. The molecule has 208 valence electrons. The van der Waals surface area contributed by atoms with Gasteiger partial charge in [0.1, 0.15) is 15.5 Å². The molecule has 0 radical (unpaired) electrons. The average Bonchev–Trinajstić information content (AvgIpc) is 3.57. The Kier molecular flexibility index (Phi) is 8.55. The third-order valence-electron chi connectivity index (χ3n) is 6.54. The smallest absolute Gasteiger partial charge is 0.348 e. The van der Waals surface area contributed by atoms with Crippen LogP contribution in [0.4, 0.5) is 0 Å². The van der Waals surface area contributed by atoms with Gasteiger partial charge in [-0.15, -0.1) is 11.3 Å². The fourth-order valence-corrected chi connectivity index (χ4v) is 6.82. The highest BCUT2D eigenvalue weighted by Crippen LogP contribution is 2.36. The normalized spacial score (nSPS) is 16.6. The number of thiophene rings is 1. The predicted molar refractivity (Wildman–Crippen MR) is 146 cm³/mol. The van der Waals surface area contributed by atoms with E-state index in [1.807, 2.05) is 0 Å². The second-order valence-electron chi connectivity index (χ2n) is 9.15. The molecule has 0 bridgehead atoms. The number of aryl methyl sites for hydroxylation is 1. The van der Waals surface area contributed by atoms with E-state index in [0.29, 0.717) is 62.6 Å². The van der Waals surface area contributed by atoms with Crippen LogP contribution in [-0.4, -0.2) is 54.2 Å². The Labute approximate surface area is 233 Å². The lowest BCUT2D eigenvalue weighted by molar-refractivity contribution is -0.0169. The molecule has 5 rings (SSSR count). The standard InChI is InChI=1S/C27H30N2O8S2/c1-4-34-25(31)16-9-17-12-33-14-37-21(17)18(10-16)13-38-27-28-23-20(15(3)22(39-23)26(32)35-5-2)24(30)29(27)11-19-7-6-8-36-19/h9-10,19H,4-8,11-14H2,1-3H3/t19-/m1/s1. The summed E-state index contributed by atoms with van der Waals surface area (Å²) >= 11 is 2.53. The fraction of sp³-hybridized carbons (Fsp3) is 0.481. The van der Waals surface area contributed by atoms with Gasteiger partial charge in [-0.1, -0.05) is 11.8 Å². The second-order valence-corrected chi connectivity index (χ2v) is 11.1. The van der Waals surface area contributed by atoms with E-state index in [0.717, 1.165) is 35.3 Å². The maximum absolute atomic E-state index is 13.8. The zero-order valence-corrected chi connectivity index (χ0v) is 23.7. The summed E-state index contributed by atoms with van der Waals surface area (Å²) < 4.78 is 29.1. The lowest BCUT2D eigenvalue weighted by Gasteiger charge is -2.22. The number of carbonyl (C=O) groups excluding carboxylic acids is 2. The second kappa shape index (κ2) is 12.1. The molecule has 0 amide bonds. The van der Waals surface area contributed by atoms with E-state index in [9.17, 15) is 14.4 Å². The Morgan fingerprint density at radius 1 is 1.21 bits per heavy atom. The summed E-state index contributed by atoms with van der Waals surface area (Å²) in [4.78, 5) is 44.6. The number of nitrogens with zero attached hydrogens (tertiary/aromatic N) is 2. The van der Waals surface area contributed by atoms with Crippen LogP contribution in [0.15, 0.2) is 22.1 Å². The van der Waals surface area contributed by atoms with E-state index in [1.165, 1.54) is 11.8 Å². The minimum Gasteiger partial charge on any atom is -0.467 e. The van der Waals surface area contributed by atoms with Crippen molar-refractivity contribution in [1.82, 2.24) is 9.55 Å². The van der Waals surface area contributed by atoms with Crippen LogP contribution in [0.25, 0.3) is 10.2 Å². The lowest BCUT2D eigenvalue weighted by atomic mass is 10.0. The van der Waals surface area contributed by atoms with Crippen LogP contribution >= 0.6 is 23.1 Å². The molecule has 0 spiro atoms. The summed E-state index contributed by atoms with van der Waals surface area (Å²) in [5, 5.41) is 0.926. The van der Waals surface area contributed by atoms with Crippen molar-refractivity contribution >= 4 is 45.3 Å². The number of fused-ring (bicyclic) bond motifs is 2. The monoisotopic (exact) mass is 574 g/mol. The molecule has 0 unspecified atom stereocenters. The van der Waals surface area contributed by atoms with Crippen molar-refractivity contribution in [3.05, 3.63) is 49.6 Å². The Morgan fingerprint density at radius 2 is 2.00 bits per heavy atom. The molecule has 0 N–H and O–H groups in total. The molecule has 10 nitrogen and oxygen atoms in total. The molecule has 4 heterocycles. The van der Waals surface area contributed by atoms with Gasteiger partial charge in [-0.3, -0.25) is 9.36 Å². The molecule has 2 aliphatic rings. The molecule has 1 saturated heterocycles. The quantitative estimate of drug-likeness (QED) is 0.206. The summed E-state index contributed by atoms with van der Waals surface area (Å²) in [6, 6.07) is 3.48. The number of hydrogen-bond donors (Lipinski definition) is 0. The summed E-state index contributed by atoms with van der Waals surface area (Å²) in [6.07, 6.45) is 1.70. The topological polar surface area (TPSA) is 115 Å². The molecular weight excluding hydrogens is 544 g/mol. The third kappa shape index (κ3) is 5.69. The summed E-state index contributed by atoms with van der Waals surface area (Å²) in [5.74, 6) is 0.160. The maximum Gasteiger partial charge on any atom is 0.348 e. The van der Waals surface area contributed by atoms with Crippen molar-refractivity contribution in [3.8, 4) is 5.75 Å². The molecular formula is C27H30N2O8S2. The van der Waals surface area contributed by atoms with Gasteiger partial charge in [0.2, 0.25) is 0 Å². The summed E-state index contributed by atoms with van der Waals surface area (Å²) in [5.41, 5.74) is 2.31. The summed E-state index contributed by atoms with van der Waals surface area (Å²) in [6.45, 7) is 7.22. The zero-order valence-electron chi connectivity index (χ0n) is 22.1. The third-order valence-corrected chi connectivity index (χ3v) is 8.73. The van der Waals surface area contributed by atoms with E-state index in [1.54, 1.807) is 37.5 Å². The first-order valence-electron chi connectivity index (χ1n) is 12.9. The number of benzene rings is 1. The van der Waals surface area contributed by atoms with Crippen molar-refractivity contribution in [2.24, 2.45) is 0 Å². The molecule has 12 heteroatoms. The zero-order chi connectivity index (χ0) is 27.5. The van der Waals surface area contributed by atoms with Gasteiger partial charge in [-0.05, 0) is 51.3 Å². The first-order valence-corrected chi connectivity index (χ1v) is 14.7. The molecule has 0 aliphatic carbocycles. The molecule has 3 aromatic rings. The van der Waals surface area contributed by atoms with Gasteiger partial charge in [0.05, 0.1) is 43.4 Å². The van der Waals surface area contributed by atoms with Crippen molar-refractivity contribution < 1.29 is 33.3 Å². The van der Waals surface area contributed by atoms with Crippen LogP contribution in [0, 0.1) is 6.92 Å². The Balaban J connectivity index is 1.54. The van der Waals surface area contributed by atoms with E-state index in [4.69, 9.17) is 28.7 Å². The van der Waals surface area contributed by atoms with Crippen LogP contribution < -0.4 is 10.3 Å². The highest BCUT2D eigenvalue weighted by Gasteiger charge is 2.26. The minimum absolute atomic E-state index is 0.0925. The largest absolute Gasteiger partial charge is 0.467 e. The molecule has 0 saturated carbocycles. The van der Waals surface area contributed by atoms with Gasteiger partial charge < -0.3 is 23.7 Å². The molecule has 1 atom stereocenters. The Morgan fingerprint density at radius 3 is 2.74 bits per heavy atom. The molecule has 1 fully saturated rings. The van der Waals surface area contributed by atoms with E-state index in [2.05, 4.69) is 0 Å². The average molecular weight is 575 g/mol. The van der Waals surface area contributed by atoms with Gasteiger partial charge in [-0.2, -0.15) is 0 Å². The SMILES string of the molecule is CCOC(=O)c1cc2c(c(CSc3nc4sc(C(=O)OCC)c(C)c4c(=O)n3C[C@H]3CCCO3)c1)OCOC2. The van der Waals surface area contributed by atoms with Gasteiger partial charge in [0, 0.05) is 23.5 Å². The van der Waals surface area contributed by atoms with Crippen LogP contribution in [-0.2, 0) is 37.9 Å². The van der Waals surface area contributed by atoms with Crippen molar-refractivity contribution in [3.63, 3.8) is 0 Å². The molecule has 39 heavy (non-hydrogen) atoms. The van der Waals surface area contributed by atoms with Crippen molar-refractivity contribution in [2.75, 3.05) is 26.6 Å². The van der Waals surface area contributed by atoms with Crippen LogP contribution in [0.1, 0.15) is 63.4 Å².